The summed E-state index contributed by atoms with van der Waals surface area (Å²) in [5, 5.41) is 33.1. The molecule has 2 aromatic rings. The average Bonchev–Trinajstić information content (AvgIpc) is 2.86. The normalized spacial score (nSPS) is 10.8. The number of azo groups is 1. The average molecular weight is 574 g/mol. The molecule has 40 heavy (non-hydrogen) atoms. The Hall–Kier alpha value is -5.09. The van der Waals surface area contributed by atoms with Crippen molar-refractivity contribution in [2.45, 2.75) is 45.4 Å². The summed E-state index contributed by atoms with van der Waals surface area (Å²) < 4.78 is 36.2. The SMILES string of the molecule is CCCCNc1c(N(OC(C)=O)OC(C)=O)ccc(N=Nc2c(C#N)cc(S(=O)(=O)F)cc2C#N)c1NC(C)=O. The minimum Gasteiger partial charge on any atom is -0.381 e. The molecule has 2 aromatic carbocycles. The Kier molecular flexibility index (Phi) is 10.6. The molecule has 1 amide bonds. The van der Waals surface area contributed by atoms with Crippen LogP contribution in [0.1, 0.15) is 51.7 Å². The van der Waals surface area contributed by atoms with Crippen molar-refractivity contribution in [2.24, 2.45) is 10.2 Å². The molecule has 0 spiro atoms. The largest absolute Gasteiger partial charge is 0.381 e. The molecule has 0 fully saturated rings. The van der Waals surface area contributed by atoms with Gasteiger partial charge >= 0.3 is 22.2 Å². The van der Waals surface area contributed by atoms with Crippen LogP contribution in [-0.2, 0) is 34.3 Å². The van der Waals surface area contributed by atoms with Gasteiger partial charge in [0.05, 0.1) is 22.5 Å². The van der Waals surface area contributed by atoms with Crippen molar-refractivity contribution in [1.29, 1.82) is 10.5 Å². The maximum atomic E-state index is 13.5. The summed E-state index contributed by atoms with van der Waals surface area (Å²) in [7, 11) is -5.23. The first-order chi connectivity index (χ1) is 18.8. The van der Waals surface area contributed by atoms with Crippen LogP contribution in [0.2, 0.25) is 0 Å². The fourth-order valence-electron chi connectivity index (χ4n) is 3.17. The Balaban J connectivity index is 2.81. The van der Waals surface area contributed by atoms with Gasteiger partial charge in [0, 0.05) is 27.3 Å². The molecule has 16 heteroatoms. The molecule has 14 nitrogen and oxygen atoms in total. The van der Waals surface area contributed by atoms with Crippen LogP contribution in [0.3, 0.4) is 0 Å². The summed E-state index contributed by atoms with van der Waals surface area (Å²) in [4.78, 5) is 44.6. The van der Waals surface area contributed by atoms with Crippen molar-refractivity contribution in [3.63, 3.8) is 0 Å². The van der Waals surface area contributed by atoms with E-state index in [0.29, 0.717) is 30.3 Å². The van der Waals surface area contributed by atoms with Crippen molar-refractivity contribution >= 4 is 56.5 Å². The van der Waals surface area contributed by atoms with E-state index < -0.39 is 44.1 Å². The first-order valence-corrected chi connectivity index (χ1v) is 12.9. The Labute approximate surface area is 229 Å². The molecular formula is C24H24FN7O7S. The summed E-state index contributed by atoms with van der Waals surface area (Å²) in [6.07, 6.45) is 1.46. The van der Waals surface area contributed by atoms with Crippen molar-refractivity contribution in [3.05, 3.63) is 35.4 Å². The monoisotopic (exact) mass is 573 g/mol. The predicted octanol–water partition coefficient (Wildman–Crippen LogP) is 4.44. The second-order valence-corrected chi connectivity index (χ2v) is 9.31. The number of rotatable bonds is 11. The fraction of sp³-hybridized carbons (Fsp3) is 0.292. The molecule has 0 aromatic heterocycles. The lowest BCUT2D eigenvalue weighted by Gasteiger charge is -2.25. The Morgan fingerprint density at radius 3 is 2.02 bits per heavy atom. The van der Waals surface area contributed by atoms with E-state index in [1.54, 1.807) is 12.1 Å². The van der Waals surface area contributed by atoms with E-state index in [-0.39, 0.29) is 28.4 Å². The number of carbonyl (C=O) groups excluding carboxylic acids is 3. The molecule has 0 heterocycles. The molecule has 0 unspecified atom stereocenters. The summed E-state index contributed by atoms with van der Waals surface area (Å²) >= 11 is 0. The number of amides is 1. The van der Waals surface area contributed by atoms with Crippen LogP contribution < -0.4 is 15.9 Å². The standard InChI is InChI=1S/C24H24FN7O7S/c1-5-6-9-28-24-21(32(38-15(3)34)39-16(4)35)8-7-20(23(24)29-14(2)33)30-31-22-17(12-26)10-19(40(25,36)37)11-18(22)13-27/h7-8,10-11,28H,5-6,9H2,1-4H3,(H,29,33). The van der Waals surface area contributed by atoms with Crippen LogP contribution in [0.15, 0.2) is 39.4 Å². The van der Waals surface area contributed by atoms with Crippen molar-refractivity contribution < 1.29 is 36.4 Å². The maximum absolute atomic E-state index is 13.5. The topological polar surface area (TPSA) is 203 Å². The number of unbranched alkanes of at least 4 members (excludes halogenated alkanes) is 1. The van der Waals surface area contributed by atoms with Crippen LogP contribution in [0.5, 0.6) is 0 Å². The molecule has 2 rings (SSSR count). The highest BCUT2D eigenvalue weighted by Crippen LogP contribution is 2.42. The molecule has 0 radical (unpaired) electrons. The summed E-state index contributed by atoms with van der Waals surface area (Å²) in [5.74, 6) is -2.19. The predicted molar refractivity (Wildman–Crippen MR) is 138 cm³/mol. The zero-order valence-corrected chi connectivity index (χ0v) is 22.6. The molecular weight excluding hydrogens is 549 g/mol. The first-order valence-electron chi connectivity index (χ1n) is 11.5. The number of nitrogens with one attached hydrogen (secondary N) is 2. The Bertz CT molecular complexity index is 1490. The number of nitriles is 2. The molecule has 0 aliphatic carbocycles. The number of benzene rings is 2. The van der Waals surface area contributed by atoms with E-state index in [1.165, 1.54) is 19.1 Å². The van der Waals surface area contributed by atoms with E-state index in [0.717, 1.165) is 20.3 Å². The third-order valence-electron chi connectivity index (χ3n) is 4.78. The molecule has 0 bridgehead atoms. The number of anilines is 3. The van der Waals surface area contributed by atoms with E-state index >= 15 is 0 Å². The van der Waals surface area contributed by atoms with Gasteiger partial charge in [-0.1, -0.05) is 13.3 Å². The van der Waals surface area contributed by atoms with Gasteiger partial charge in [-0.25, -0.2) is 9.59 Å². The van der Waals surface area contributed by atoms with E-state index in [9.17, 15) is 37.2 Å². The number of hydrogen-bond acceptors (Lipinski definition) is 13. The van der Waals surface area contributed by atoms with E-state index in [2.05, 4.69) is 20.9 Å². The lowest BCUT2D eigenvalue weighted by atomic mass is 10.1. The highest BCUT2D eigenvalue weighted by atomic mass is 32.3. The van der Waals surface area contributed by atoms with Crippen LogP contribution in [-0.4, -0.2) is 32.8 Å². The minimum atomic E-state index is -5.23. The van der Waals surface area contributed by atoms with Gasteiger partial charge in [-0.15, -0.1) is 14.1 Å². The van der Waals surface area contributed by atoms with Gasteiger partial charge in [0.1, 0.15) is 34.1 Å². The van der Waals surface area contributed by atoms with Crippen molar-refractivity contribution in [1.82, 2.24) is 0 Å². The van der Waals surface area contributed by atoms with Crippen molar-refractivity contribution in [3.8, 4) is 12.1 Å². The number of nitrogens with zero attached hydrogens (tertiary/aromatic N) is 5. The molecule has 0 aliphatic heterocycles. The number of carbonyl (C=O) groups is 3. The van der Waals surface area contributed by atoms with Crippen LogP contribution in [0.4, 0.5) is 32.3 Å². The first kappa shape index (κ1) is 31.1. The second kappa shape index (κ2) is 13.6. The van der Waals surface area contributed by atoms with Crippen molar-refractivity contribution in [2.75, 3.05) is 22.4 Å². The molecule has 2 N–H and O–H groups in total. The third-order valence-corrected chi connectivity index (χ3v) is 5.58. The smallest absolute Gasteiger partial charge is 0.333 e. The fourth-order valence-corrected chi connectivity index (χ4v) is 3.69. The molecule has 0 saturated carbocycles. The second-order valence-electron chi connectivity index (χ2n) is 7.97. The zero-order chi connectivity index (χ0) is 30.0. The van der Waals surface area contributed by atoms with Crippen LogP contribution in [0.25, 0.3) is 0 Å². The molecule has 0 aliphatic rings. The zero-order valence-electron chi connectivity index (χ0n) is 21.8. The lowest BCUT2D eigenvalue weighted by Crippen LogP contribution is -2.29. The van der Waals surface area contributed by atoms with E-state index in [4.69, 9.17) is 9.68 Å². The van der Waals surface area contributed by atoms with Gasteiger partial charge in [0.2, 0.25) is 5.91 Å². The van der Waals surface area contributed by atoms with Gasteiger partial charge in [-0.05, 0) is 35.9 Å². The Morgan fingerprint density at radius 1 is 1.00 bits per heavy atom. The van der Waals surface area contributed by atoms with Gasteiger partial charge < -0.3 is 20.3 Å². The van der Waals surface area contributed by atoms with E-state index in [1.807, 2.05) is 6.92 Å². The van der Waals surface area contributed by atoms with Gasteiger partial charge in [-0.2, -0.15) is 18.9 Å². The molecule has 0 atom stereocenters. The summed E-state index contributed by atoms with van der Waals surface area (Å²) in [5.41, 5.74) is -1.17. The summed E-state index contributed by atoms with van der Waals surface area (Å²) in [6, 6.07) is 7.34. The highest BCUT2D eigenvalue weighted by molar-refractivity contribution is 7.86. The molecule has 0 saturated heterocycles. The van der Waals surface area contributed by atoms with Gasteiger partial charge in [0.25, 0.3) is 0 Å². The lowest BCUT2D eigenvalue weighted by molar-refractivity contribution is -0.171. The van der Waals surface area contributed by atoms with Gasteiger partial charge in [0.15, 0.2) is 0 Å². The van der Waals surface area contributed by atoms with Crippen LogP contribution >= 0.6 is 0 Å². The molecule has 210 valence electrons. The third kappa shape index (κ3) is 8.20. The van der Waals surface area contributed by atoms with Crippen LogP contribution in [0, 0.1) is 22.7 Å². The number of halogens is 1. The maximum Gasteiger partial charge on any atom is 0.333 e. The quantitative estimate of drug-likeness (QED) is 0.166. The number of hydrogen-bond donors (Lipinski definition) is 2. The minimum absolute atomic E-state index is 0.00265. The van der Waals surface area contributed by atoms with Gasteiger partial charge in [-0.3, -0.25) is 4.79 Å². The Morgan fingerprint density at radius 2 is 1.57 bits per heavy atom. The summed E-state index contributed by atoms with van der Waals surface area (Å²) in [6.45, 7) is 5.66. The highest BCUT2D eigenvalue weighted by Gasteiger charge is 2.24.